The van der Waals surface area contributed by atoms with E-state index < -0.39 is 0 Å². The van der Waals surface area contributed by atoms with Crippen molar-refractivity contribution in [2.75, 3.05) is 7.11 Å². The number of methoxy groups -OCH3 is 1. The van der Waals surface area contributed by atoms with Crippen LogP contribution in [0.1, 0.15) is 0 Å². The monoisotopic (exact) mass is 294 g/mol. The number of nitrogens with one attached hydrogen (secondary N) is 2. The third-order valence-electron chi connectivity index (χ3n) is 3.16. The summed E-state index contributed by atoms with van der Waals surface area (Å²) in [7, 11) is 1.56. The molecule has 0 atom stereocenters. The van der Waals surface area contributed by atoms with Gasteiger partial charge < -0.3 is 4.74 Å². The smallest absolute Gasteiger partial charge is 0.292 e. The molecule has 6 nitrogen and oxygen atoms in total. The minimum atomic E-state index is -0.322. The lowest BCUT2D eigenvalue weighted by Crippen LogP contribution is -1.96. The molecule has 2 N–H and O–H groups in total. The van der Waals surface area contributed by atoms with E-state index in [0.717, 1.165) is 5.56 Å². The fraction of sp³-hybridized carbons (Fsp3) is 0.0625. The summed E-state index contributed by atoms with van der Waals surface area (Å²) in [5, 5.41) is 13.6. The summed E-state index contributed by atoms with van der Waals surface area (Å²) in [6.07, 6.45) is 0. The van der Waals surface area contributed by atoms with Crippen LogP contribution in [0.2, 0.25) is 0 Å². The van der Waals surface area contributed by atoms with Crippen molar-refractivity contribution >= 4 is 11.4 Å². The van der Waals surface area contributed by atoms with Gasteiger partial charge in [0.1, 0.15) is 11.4 Å². The average molecular weight is 294 g/mol. The van der Waals surface area contributed by atoms with Crippen molar-refractivity contribution in [3.8, 4) is 17.0 Å². The average Bonchev–Trinajstić information content (AvgIpc) is 2.95. The molecule has 0 radical (unpaired) electrons. The van der Waals surface area contributed by atoms with E-state index >= 15 is 0 Å². The van der Waals surface area contributed by atoms with Crippen LogP contribution < -0.4 is 10.3 Å². The first kappa shape index (κ1) is 13.8. The van der Waals surface area contributed by atoms with Gasteiger partial charge in [0, 0.05) is 5.56 Å². The molecule has 1 aromatic heterocycles. The van der Waals surface area contributed by atoms with Crippen molar-refractivity contribution in [3.05, 3.63) is 65.0 Å². The molecule has 0 aliphatic heterocycles. The number of azo groups is 1. The first-order valence-electron chi connectivity index (χ1n) is 6.70. The highest BCUT2D eigenvalue weighted by molar-refractivity contribution is 5.71. The third-order valence-corrected chi connectivity index (χ3v) is 3.16. The van der Waals surface area contributed by atoms with Gasteiger partial charge in [-0.1, -0.05) is 42.5 Å². The fourth-order valence-corrected chi connectivity index (χ4v) is 2.08. The number of para-hydroxylation sites is 1. The first-order valence-corrected chi connectivity index (χ1v) is 6.70. The Morgan fingerprint density at radius 2 is 1.64 bits per heavy atom. The second-order valence-electron chi connectivity index (χ2n) is 4.54. The number of rotatable bonds is 4. The van der Waals surface area contributed by atoms with Crippen LogP contribution in [0.15, 0.2) is 69.6 Å². The normalized spacial score (nSPS) is 11.0. The van der Waals surface area contributed by atoms with E-state index in [1.165, 1.54) is 0 Å². The largest absolute Gasteiger partial charge is 0.494 e. The van der Waals surface area contributed by atoms with Crippen molar-refractivity contribution in [2.45, 2.75) is 0 Å². The Balaban J connectivity index is 2.01. The Bertz CT molecular complexity index is 850. The lowest BCUT2D eigenvalue weighted by molar-refractivity contribution is 0.416. The van der Waals surface area contributed by atoms with Crippen LogP contribution >= 0.6 is 0 Å². The number of nitrogens with zero attached hydrogens (tertiary/aromatic N) is 2. The van der Waals surface area contributed by atoms with Gasteiger partial charge in [0.15, 0.2) is 5.69 Å². The topological polar surface area (TPSA) is 82.6 Å². The standard InChI is InChI=1S/C16H14N4O2/c1-22-13-10-6-5-9-12(13)17-19-15-14(18-20-16(15)21)11-7-3-2-4-8-11/h2-10H,1H3,(H2,18,20,21). The third kappa shape index (κ3) is 2.67. The summed E-state index contributed by atoms with van der Waals surface area (Å²) in [5.74, 6) is 0.597. The molecule has 0 saturated heterocycles. The number of hydrogen-bond acceptors (Lipinski definition) is 4. The lowest BCUT2D eigenvalue weighted by atomic mass is 10.1. The molecule has 0 spiro atoms. The van der Waals surface area contributed by atoms with Crippen LogP contribution in [-0.4, -0.2) is 17.3 Å². The van der Waals surface area contributed by atoms with Crippen LogP contribution in [0, 0.1) is 0 Å². The summed E-state index contributed by atoms with van der Waals surface area (Å²) in [6.45, 7) is 0. The first-order chi connectivity index (χ1) is 10.8. The fourth-order valence-electron chi connectivity index (χ4n) is 2.08. The molecule has 6 heteroatoms. The summed E-state index contributed by atoms with van der Waals surface area (Å²) >= 11 is 0. The molecular formula is C16H14N4O2. The Morgan fingerprint density at radius 1 is 0.909 bits per heavy atom. The number of hydrogen-bond donors (Lipinski definition) is 2. The van der Waals surface area contributed by atoms with Crippen molar-refractivity contribution in [3.63, 3.8) is 0 Å². The minimum absolute atomic E-state index is 0.233. The predicted octanol–water partition coefficient (Wildman–Crippen LogP) is 3.79. The number of aromatic nitrogens is 2. The molecule has 0 aliphatic carbocycles. The number of ether oxygens (including phenoxy) is 1. The maximum absolute atomic E-state index is 11.9. The Kier molecular flexibility index (Phi) is 3.82. The summed E-state index contributed by atoms with van der Waals surface area (Å²) < 4.78 is 5.21. The molecule has 3 rings (SSSR count). The van der Waals surface area contributed by atoms with Gasteiger partial charge in [0.05, 0.1) is 12.8 Å². The molecular weight excluding hydrogens is 280 g/mol. The Hall–Kier alpha value is -3.15. The van der Waals surface area contributed by atoms with Crippen LogP contribution in [-0.2, 0) is 0 Å². The molecule has 22 heavy (non-hydrogen) atoms. The van der Waals surface area contributed by atoms with Crippen molar-refractivity contribution < 1.29 is 4.74 Å². The predicted molar refractivity (Wildman–Crippen MR) is 84.0 cm³/mol. The summed E-state index contributed by atoms with van der Waals surface area (Å²) in [6, 6.07) is 16.7. The van der Waals surface area contributed by atoms with Crippen LogP contribution in [0.25, 0.3) is 11.3 Å². The SMILES string of the molecule is COc1ccccc1N=Nc1c(-c2ccccc2)[nH][nH]c1=O. The quantitative estimate of drug-likeness (QED) is 0.717. The molecule has 0 amide bonds. The van der Waals surface area contributed by atoms with Gasteiger partial charge in [-0.05, 0) is 12.1 Å². The van der Waals surface area contributed by atoms with E-state index in [0.29, 0.717) is 17.1 Å². The Labute approximate surface area is 126 Å². The van der Waals surface area contributed by atoms with E-state index in [9.17, 15) is 4.79 Å². The maximum Gasteiger partial charge on any atom is 0.292 e. The van der Waals surface area contributed by atoms with Gasteiger partial charge in [-0.2, -0.15) is 0 Å². The van der Waals surface area contributed by atoms with Crippen LogP contribution in [0.5, 0.6) is 5.75 Å². The zero-order valence-electron chi connectivity index (χ0n) is 11.9. The van der Waals surface area contributed by atoms with Gasteiger partial charge in [0.25, 0.3) is 5.56 Å². The van der Waals surface area contributed by atoms with Crippen molar-refractivity contribution in [1.29, 1.82) is 0 Å². The highest BCUT2D eigenvalue weighted by Crippen LogP contribution is 2.30. The highest BCUT2D eigenvalue weighted by atomic mass is 16.5. The van der Waals surface area contributed by atoms with Gasteiger partial charge in [-0.3, -0.25) is 15.0 Å². The van der Waals surface area contributed by atoms with Gasteiger partial charge in [-0.15, -0.1) is 10.2 Å². The highest BCUT2D eigenvalue weighted by Gasteiger charge is 2.11. The van der Waals surface area contributed by atoms with Crippen molar-refractivity contribution in [2.24, 2.45) is 10.2 Å². The van der Waals surface area contributed by atoms with E-state index in [1.807, 2.05) is 42.5 Å². The Morgan fingerprint density at radius 3 is 2.41 bits per heavy atom. The molecule has 0 fully saturated rings. The van der Waals surface area contributed by atoms with E-state index in [4.69, 9.17) is 4.74 Å². The van der Waals surface area contributed by atoms with Gasteiger partial charge in [0.2, 0.25) is 0 Å². The lowest BCUT2D eigenvalue weighted by Gasteiger charge is -2.01. The minimum Gasteiger partial charge on any atom is -0.494 e. The second kappa shape index (κ2) is 6.09. The molecule has 0 bridgehead atoms. The van der Waals surface area contributed by atoms with Gasteiger partial charge in [-0.25, -0.2) is 0 Å². The number of benzene rings is 2. The van der Waals surface area contributed by atoms with Crippen LogP contribution in [0.4, 0.5) is 11.4 Å². The van der Waals surface area contributed by atoms with E-state index in [2.05, 4.69) is 20.4 Å². The zero-order valence-corrected chi connectivity index (χ0v) is 11.9. The molecule has 2 aromatic carbocycles. The van der Waals surface area contributed by atoms with Crippen molar-refractivity contribution in [1.82, 2.24) is 10.2 Å². The number of H-pyrrole nitrogens is 2. The van der Waals surface area contributed by atoms with E-state index in [-0.39, 0.29) is 11.2 Å². The molecule has 0 unspecified atom stereocenters. The van der Waals surface area contributed by atoms with Gasteiger partial charge >= 0.3 is 0 Å². The second-order valence-corrected chi connectivity index (χ2v) is 4.54. The molecule has 110 valence electrons. The molecule has 0 saturated carbocycles. The molecule has 3 aromatic rings. The zero-order chi connectivity index (χ0) is 15.4. The molecule has 0 aliphatic rings. The summed E-state index contributed by atoms with van der Waals surface area (Å²) in [4.78, 5) is 11.9. The van der Waals surface area contributed by atoms with E-state index in [1.54, 1.807) is 19.2 Å². The van der Waals surface area contributed by atoms with Crippen LogP contribution in [0.3, 0.4) is 0 Å². The number of aromatic amines is 2. The maximum atomic E-state index is 11.9. The summed E-state index contributed by atoms with van der Waals surface area (Å²) in [5.41, 5.74) is 1.93. The molecule has 1 heterocycles.